The fourth-order valence-corrected chi connectivity index (χ4v) is 3.31. The number of benzene rings is 1. The van der Waals surface area contributed by atoms with Crippen molar-refractivity contribution in [3.63, 3.8) is 0 Å². The molecule has 0 saturated carbocycles. The number of carbonyl (C=O) groups is 1. The van der Waals surface area contributed by atoms with Gasteiger partial charge in [-0.3, -0.25) is 9.59 Å². The molecule has 1 N–H and O–H groups in total. The van der Waals surface area contributed by atoms with Gasteiger partial charge >= 0.3 is 0 Å². The van der Waals surface area contributed by atoms with E-state index in [9.17, 15) is 9.59 Å². The zero-order valence-electron chi connectivity index (χ0n) is 12.7. The standard InChI is InChI=1S/C17H17BrN2O3/c1-20-10-12(18)8-14(17(20)22)19-16(21)9-15-13-5-3-2-4-11(13)6-7-23-15/h2-5,8,10,15H,6-7,9H2,1H3,(H,19,21)/t15-/m1/s1. The average molecular weight is 377 g/mol. The van der Waals surface area contributed by atoms with E-state index in [0.29, 0.717) is 6.61 Å². The van der Waals surface area contributed by atoms with Crippen molar-refractivity contribution in [2.75, 3.05) is 11.9 Å². The number of hydrogen-bond acceptors (Lipinski definition) is 3. The molecular formula is C17H17BrN2O3. The first-order valence-electron chi connectivity index (χ1n) is 7.40. The third kappa shape index (κ3) is 3.54. The Hall–Kier alpha value is -1.92. The van der Waals surface area contributed by atoms with Crippen LogP contribution in [0.25, 0.3) is 0 Å². The number of nitrogens with one attached hydrogen (secondary N) is 1. The molecule has 0 fully saturated rings. The second-order valence-corrected chi connectivity index (χ2v) is 6.46. The highest BCUT2D eigenvalue weighted by Crippen LogP contribution is 2.29. The van der Waals surface area contributed by atoms with Crippen molar-refractivity contribution in [2.24, 2.45) is 7.05 Å². The van der Waals surface area contributed by atoms with E-state index in [1.165, 1.54) is 10.1 Å². The highest BCUT2D eigenvalue weighted by Gasteiger charge is 2.23. The predicted octanol–water partition coefficient (Wildman–Crippen LogP) is 2.79. The number of carbonyl (C=O) groups excluding carboxylic acids is 1. The lowest BCUT2D eigenvalue weighted by Crippen LogP contribution is -2.26. The van der Waals surface area contributed by atoms with Crippen molar-refractivity contribution in [1.82, 2.24) is 4.57 Å². The predicted molar refractivity (Wildman–Crippen MR) is 91.5 cm³/mol. The molecule has 6 heteroatoms. The average Bonchev–Trinajstić information content (AvgIpc) is 2.52. The van der Waals surface area contributed by atoms with Crippen LogP contribution in [0.5, 0.6) is 0 Å². The van der Waals surface area contributed by atoms with E-state index in [1.54, 1.807) is 19.3 Å². The molecule has 2 heterocycles. The summed E-state index contributed by atoms with van der Waals surface area (Å²) in [6.45, 7) is 0.605. The molecule has 1 atom stereocenters. The largest absolute Gasteiger partial charge is 0.373 e. The Morgan fingerprint density at radius 2 is 2.22 bits per heavy atom. The van der Waals surface area contributed by atoms with Crippen LogP contribution in [0.3, 0.4) is 0 Å². The van der Waals surface area contributed by atoms with Crippen molar-refractivity contribution >= 4 is 27.5 Å². The van der Waals surface area contributed by atoms with Crippen LogP contribution in [0.15, 0.2) is 45.8 Å². The summed E-state index contributed by atoms with van der Waals surface area (Å²) in [5, 5.41) is 2.69. The molecule has 2 aromatic rings. The molecule has 3 rings (SSSR count). The van der Waals surface area contributed by atoms with Gasteiger partial charge in [-0.15, -0.1) is 0 Å². The Labute approximate surface area is 142 Å². The van der Waals surface area contributed by atoms with Gasteiger partial charge in [0.05, 0.1) is 19.1 Å². The molecule has 23 heavy (non-hydrogen) atoms. The second-order valence-electron chi connectivity index (χ2n) is 5.55. The van der Waals surface area contributed by atoms with Crippen LogP contribution < -0.4 is 10.9 Å². The number of aryl methyl sites for hydroxylation is 1. The Morgan fingerprint density at radius 3 is 3.04 bits per heavy atom. The molecule has 120 valence electrons. The van der Waals surface area contributed by atoms with Crippen molar-refractivity contribution in [2.45, 2.75) is 18.9 Å². The highest BCUT2D eigenvalue weighted by atomic mass is 79.9. The number of nitrogens with zero attached hydrogens (tertiary/aromatic N) is 1. The lowest BCUT2D eigenvalue weighted by molar-refractivity contribution is -0.119. The third-order valence-electron chi connectivity index (χ3n) is 3.89. The molecule has 0 bridgehead atoms. The number of fused-ring (bicyclic) bond motifs is 1. The Balaban J connectivity index is 1.75. The Morgan fingerprint density at radius 1 is 1.43 bits per heavy atom. The van der Waals surface area contributed by atoms with Gasteiger partial charge in [-0.1, -0.05) is 24.3 Å². The van der Waals surface area contributed by atoms with Crippen LogP contribution in [0.1, 0.15) is 23.7 Å². The van der Waals surface area contributed by atoms with Crippen molar-refractivity contribution in [3.05, 3.63) is 62.5 Å². The summed E-state index contributed by atoms with van der Waals surface area (Å²) in [6.07, 6.45) is 2.43. The van der Waals surface area contributed by atoms with Gasteiger partial charge in [0.15, 0.2) is 0 Å². The number of halogens is 1. The molecule has 0 saturated heterocycles. The summed E-state index contributed by atoms with van der Waals surface area (Å²) in [5.41, 5.74) is 2.29. The Kier molecular flexibility index (Phi) is 4.63. The summed E-state index contributed by atoms with van der Waals surface area (Å²) in [5.74, 6) is -0.234. The fourth-order valence-electron chi connectivity index (χ4n) is 2.78. The maximum atomic E-state index is 12.3. The van der Waals surface area contributed by atoms with Crippen LogP contribution in [0.2, 0.25) is 0 Å². The fraction of sp³-hybridized carbons (Fsp3) is 0.294. The summed E-state index contributed by atoms with van der Waals surface area (Å²) < 4.78 is 7.89. The minimum absolute atomic E-state index is 0.187. The summed E-state index contributed by atoms with van der Waals surface area (Å²) in [7, 11) is 1.64. The van der Waals surface area contributed by atoms with Gasteiger partial charge in [0.1, 0.15) is 5.69 Å². The zero-order chi connectivity index (χ0) is 16.4. The Bertz CT molecular complexity index is 801. The molecule has 1 amide bonds. The van der Waals surface area contributed by atoms with Gasteiger partial charge < -0.3 is 14.6 Å². The van der Waals surface area contributed by atoms with E-state index in [1.807, 2.05) is 18.2 Å². The van der Waals surface area contributed by atoms with Crippen LogP contribution >= 0.6 is 15.9 Å². The lowest BCUT2D eigenvalue weighted by Gasteiger charge is -2.25. The summed E-state index contributed by atoms with van der Waals surface area (Å²) in [4.78, 5) is 24.4. The number of amides is 1. The number of ether oxygens (including phenoxy) is 1. The summed E-state index contributed by atoms with van der Waals surface area (Å²) >= 11 is 3.32. The second kappa shape index (κ2) is 6.68. The van der Waals surface area contributed by atoms with Crippen LogP contribution in [-0.2, 0) is 23.0 Å². The quantitative estimate of drug-likeness (QED) is 0.895. The van der Waals surface area contributed by atoms with E-state index in [-0.39, 0.29) is 29.7 Å². The molecule has 5 nitrogen and oxygen atoms in total. The van der Waals surface area contributed by atoms with E-state index in [0.717, 1.165) is 16.5 Å². The maximum absolute atomic E-state index is 12.3. The van der Waals surface area contributed by atoms with E-state index >= 15 is 0 Å². The van der Waals surface area contributed by atoms with Crippen molar-refractivity contribution < 1.29 is 9.53 Å². The SMILES string of the molecule is Cn1cc(Br)cc(NC(=O)C[C@H]2OCCc3ccccc32)c1=O. The number of rotatable bonds is 3. The van der Waals surface area contributed by atoms with E-state index < -0.39 is 0 Å². The first kappa shape index (κ1) is 16.0. The normalized spacial score (nSPS) is 16.7. The molecule has 1 aromatic heterocycles. The van der Waals surface area contributed by atoms with Gasteiger partial charge in [0.2, 0.25) is 5.91 Å². The summed E-state index contributed by atoms with van der Waals surface area (Å²) in [6, 6.07) is 9.60. The van der Waals surface area contributed by atoms with Gasteiger partial charge in [-0.2, -0.15) is 0 Å². The number of aromatic nitrogens is 1. The van der Waals surface area contributed by atoms with E-state index in [2.05, 4.69) is 27.3 Å². The smallest absolute Gasteiger partial charge is 0.274 e. The molecular weight excluding hydrogens is 360 g/mol. The van der Waals surface area contributed by atoms with Gasteiger partial charge in [-0.25, -0.2) is 0 Å². The molecule has 0 aliphatic carbocycles. The van der Waals surface area contributed by atoms with Crippen LogP contribution in [-0.4, -0.2) is 17.1 Å². The van der Waals surface area contributed by atoms with Gasteiger partial charge in [0.25, 0.3) is 5.56 Å². The van der Waals surface area contributed by atoms with Crippen molar-refractivity contribution in [1.29, 1.82) is 0 Å². The minimum Gasteiger partial charge on any atom is -0.373 e. The topological polar surface area (TPSA) is 60.3 Å². The first-order valence-corrected chi connectivity index (χ1v) is 8.19. The molecule has 1 aliphatic rings. The van der Waals surface area contributed by atoms with Gasteiger partial charge in [0, 0.05) is 17.7 Å². The maximum Gasteiger partial charge on any atom is 0.274 e. The van der Waals surface area contributed by atoms with Crippen LogP contribution in [0, 0.1) is 0 Å². The highest BCUT2D eigenvalue weighted by molar-refractivity contribution is 9.10. The zero-order valence-corrected chi connectivity index (χ0v) is 14.3. The third-order valence-corrected chi connectivity index (χ3v) is 4.32. The van der Waals surface area contributed by atoms with Crippen LogP contribution in [0.4, 0.5) is 5.69 Å². The molecule has 1 aromatic carbocycles. The molecule has 0 radical (unpaired) electrons. The number of anilines is 1. The molecule has 0 unspecified atom stereocenters. The number of hydrogen-bond donors (Lipinski definition) is 1. The monoisotopic (exact) mass is 376 g/mol. The van der Waals surface area contributed by atoms with E-state index in [4.69, 9.17) is 4.74 Å². The van der Waals surface area contributed by atoms with Gasteiger partial charge in [-0.05, 0) is 39.5 Å². The molecule has 1 aliphatic heterocycles. The number of pyridine rings is 1. The lowest BCUT2D eigenvalue weighted by atomic mass is 9.95. The first-order chi connectivity index (χ1) is 11.0. The molecule has 0 spiro atoms. The minimum atomic E-state index is -0.268. The van der Waals surface area contributed by atoms with Crippen molar-refractivity contribution in [3.8, 4) is 0 Å².